The summed E-state index contributed by atoms with van der Waals surface area (Å²) in [6, 6.07) is 16.8. The van der Waals surface area contributed by atoms with Crippen LogP contribution in [0.2, 0.25) is 10.0 Å². The zero-order valence-corrected chi connectivity index (χ0v) is 21.0. The van der Waals surface area contributed by atoms with Gasteiger partial charge in [-0.15, -0.1) is 0 Å². The molecule has 0 aliphatic rings. The molecule has 3 aromatic rings. The fraction of sp³-hybridized carbons (Fsp3) is 0.231. The van der Waals surface area contributed by atoms with E-state index in [1.165, 1.54) is 14.2 Å². The zero-order valence-electron chi connectivity index (χ0n) is 19.5. The van der Waals surface area contributed by atoms with Crippen LogP contribution < -0.4 is 20.5 Å². The molecule has 3 N–H and O–H groups in total. The van der Waals surface area contributed by atoms with Crippen molar-refractivity contribution in [1.82, 2.24) is 4.90 Å². The summed E-state index contributed by atoms with van der Waals surface area (Å²) >= 11 is 12.5. The summed E-state index contributed by atoms with van der Waals surface area (Å²) in [5.41, 5.74) is 7.82. The molecule has 0 unspecified atom stereocenters. The van der Waals surface area contributed by atoms with E-state index in [1.54, 1.807) is 65.6 Å². The number of amides is 2. The average molecular weight is 516 g/mol. The standard InChI is InChI=1S/C26H27Cl2N3O4/c1-34-23-10-7-18(15-24(23)35-2)26(33)31(12-4-11-29)16-19-14-21(8-9-22(19)28)30-25(32)17-5-3-6-20(27)13-17/h3,5-10,13-15H,4,11-12,16,29H2,1-2H3,(H,30,32). The molecule has 0 spiro atoms. The lowest BCUT2D eigenvalue weighted by molar-refractivity contribution is 0.0741. The highest BCUT2D eigenvalue weighted by Crippen LogP contribution is 2.29. The van der Waals surface area contributed by atoms with Gasteiger partial charge in [-0.05, 0) is 73.1 Å². The number of rotatable bonds is 10. The van der Waals surface area contributed by atoms with Crippen LogP contribution in [0.5, 0.6) is 11.5 Å². The Bertz CT molecular complexity index is 1200. The highest BCUT2D eigenvalue weighted by molar-refractivity contribution is 6.31. The summed E-state index contributed by atoms with van der Waals surface area (Å²) in [4.78, 5) is 27.7. The lowest BCUT2D eigenvalue weighted by Gasteiger charge is -2.24. The molecule has 0 saturated heterocycles. The van der Waals surface area contributed by atoms with Crippen molar-refractivity contribution in [3.63, 3.8) is 0 Å². The van der Waals surface area contributed by atoms with E-state index >= 15 is 0 Å². The minimum Gasteiger partial charge on any atom is -0.493 e. The Labute approximate surface area is 214 Å². The van der Waals surface area contributed by atoms with E-state index in [9.17, 15) is 9.59 Å². The smallest absolute Gasteiger partial charge is 0.255 e. The monoisotopic (exact) mass is 515 g/mol. The second-order valence-corrected chi connectivity index (χ2v) is 8.55. The topological polar surface area (TPSA) is 93.9 Å². The molecule has 35 heavy (non-hydrogen) atoms. The van der Waals surface area contributed by atoms with Crippen LogP contribution in [0.15, 0.2) is 60.7 Å². The largest absolute Gasteiger partial charge is 0.493 e. The van der Waals surface area contributed by atoms with Crippen molar-refractivity contribution in [2.24, 2.45) is 5.73 Å². The van der Waals surface area contributed by atoms with Gasteiger partial charge in [0.2, 0.25) is 0 Å². The van der Waals surface area contributed by atoms with E-state index in [0.29, 0.717) is 63.4 Å². The van der Waals surface area contributed by atoms with E-state index in [0.717, 1.165) is 0 Å². The lowest BCUT2D eigenvalue weighted by Crippen LogP contribution is -2.32. The quantitative estimate of drug-likeness (QED) is 0.384. The SMILES string of the molecule is COc1ccc(C(=O)N(CCCN)Cc2cc(NC(=O)c3cccc(Cl)c3)ccc2Cl)cc1OC. The Kier molecular flexibility index (Phi) is 9.37. The maximum atomic E-state index is 13.4. The van der Waals surface area contributed by atoms with Gasteiger partial charge in [0.1, 0.15) is 0 Å². The first-order valence-corrected chi connectivity index (χ1v) is 11.7. The third kappa shape index (κ3) is 6.88. The molecule has 0 radical (unpaired) electrons. The number of ether oxygens (including phenoxy) is 2. The number of hydrogen-bond acceptors (Lipinski definition) is 5. The van der Waals surface area contributed by atoms with Crippen LogP contribution in [0.1, 0.15) is 32.7 Å². The number of methoxy groups -OCH3 is 2. The Morgan fingerprint density at radius 1 is 0.943 bits per heavy atom. The number of carbonyl (C=O) groups excluding carboxylic acids is 2. The van der Waals surface area contributed by atoms with E-state index in [1.807, 2.05) is 0 Å². The molecule has 3 aromatic carbocycles. The molecule has 0 heterocycles. The number of benzene rings is 3. The summed E-state index contributed by atoms with van der Waals surface area (Å²) in [7, 11) is 3.05. The predicted molar refractivity (Wildman–Crippen MR) is 139 cm³/mol. The van der Waals surface area contributed by atoms with Gasteiger partial charge in [-0.3, -0.25) is 9.59 Å². The zero-order chi connectivity index (χ0) is 25.4. The van der Waals surface area contributed by atoms with Crippen LogP contribution >= 0.6 is 23.2 Å². The summed E-state index contributed by atoms with van der Waals surface area (Å²) in [6.07, 6.45) is 0.613. The van der Waals surface area contributed by atoms with Crippen molar-refractivity contribution in [2.75, 3.05) is 32.6 Å². The predicted octanol–water partition coefficient (Wildman–Crippen LogP) is 5.25. The summed E-state index contributed by atoms with van der Waals surface area (Å²) < 4.78 is 10.6. The van der Waals surface area contributed by atoms with Crippen molar-refractivity contribution in [3.05, 3.63) is 87.4 Å². The second-order valence-electron chi connectivity index (χ2n) is 7.71. The van der Waals surface area contributed by atoms with Crippen LogP contribution in [-0.4, -0.2) is 44.0 Å². The van der Waals surface area contributed by atoms with Crippen LogP contribution in [0, 0.1) is 0 Å². The summed E-state index contributed by atoms with van der Waals surface area (Å²) in [6.45, 7) is 1.09. The van der Waals surface area contributed by atoms with Gasteiger partial charge in [0.05, 0.1) is 14.2 Å². The van der Waals surface area contributed by atoms with Gasteiger partial charge in [0.25, 0.3) is 11.8 Å². The van der Waals surface area contributed by atoms with Crippen LogP contribution in [-0.2, 0) is 6.54 Å². The number of nitrogens with zero attached hydrogens (tertiary/aromatic N) is 1. The molecule has 184 valence electrons. The molecule has 9 heteroatoms. The van der Waals surface area contributed by atoms with E-state index in [2.05, 4.69) is 5.32 Å². The molecule has 0 atom stereocenters. The number of nitrogens with one attached hydrogen (secondary N) is 1. The number of halogens is 2. The van der Waals surface area contributed by atoms with E-state index < -0.39 is 0 Å². The Hall–Kier alpha value is -3.26. The maximum Gasteiger partial charge on any atom is 0.255 e. The lowest BCUT2D eigenvalue weighted by atomic mass is 10.1. The Balaban J connectivity index is 1.84. The van der Waals surface area contributed by atoms with E-state index in [4.69, 9.17) is 38.4 Å². The fourth-order valence-electron chi connectivity index (χ4n) is 3.50. The first-order valence-electron chi connectivity index (χ1n) is 10.9. The minimum atomic E-state index is -0.304. The molecule has 0 saturated carbocycles. The van der Waals surface area contributed by atoms with Gasteiger partial charge in [0.15, 0.2) is 11.5 Å². The van der Waals surface area contributed by atoms with Gasteiger partial charge in [-0.1, -0.05) is 29.3 Å². The normalized spacial score (nSPS) is 10.5. The van der Waals surface area contributed by atoms with Gasteiger partial charge >= 0.3 is 0 Å². The Morgan fingerprint density at radius 2 is 1.71 bits per heavy atom. The average Bonchev–Trinajstić information content (AvgIpc) is 2.87. The molecule has 3 rings (SSSR count). The number of carbonyl (C=O) groups is 2. The van der Waals surface area contributed by atoms with Crippen LogP contribution in [0.25, 0.3) is 0 Å². The molecular weight excluding hydrogens is 489 g/mol. The van der Waals surface area contributed by atoms with Gasteiger partial charge in [0, 0.05) is 39.9 Å². The van der Waals surface area contributed by atoms with Gasteiger partial charge in [-0.2, -0.15) is 0 Å². The molecular formula is C26H27Cl2N3O4. The van der Waals surface area contributed by atoms with Crippen molar-refractivity contribution >= 4 is 40.7 Å². The van der Waals surface area contributed by atoms with Crippen molar-refractivity contribution in [1.29, 1.82) is 0 Å². The molecule has 0 bridgehead atoms. The highest BCUT2D eigenvalue weighted by atomic mass is 35.5. The van der Waals surface area contributed by atoms with Crippen LogP contribution in [0.3, 0.4) is 0 Å². The third-order valence-electron chi connectivity index (χ3n) is 5.30. The minimum absolute atomic E-state index is 0.205. The molecule has 0 fully saturated rings. The van der Waals surface area contributed by atoms with Gasteiger partial charge in [-0.25, -0.2) is 0 Å². The van der Waals surface area contributed by atoms with Crippen molar-refractivity contribution in [3.8, 4) is 11.5 Å². The molecule has 2 amide bonds. The number of anilines is 1. The van der Waals surface area contributed by atoms with Crippen molar-refractivity contribution < 1.29 is 19.1 Å². The maximum absolute atomic E-state index is 13.4. The fourth-order valence-corrected chi connectivity index (χ4v) is 3.87. The highest BCUT2D eigenvalue weighted by Gasteiger charge is 2.19. The van der Waals surface area contributed by atoms with Crippen molar-refractivity contribution in [2.45, 2.75) is 13.0 Å². The molecule has 0 aliphatic heterocycles. The first kappa shape index (κ1) is 26.3. The summed E-state index contributed by atoms with van der Waals surface area (Å²) in [5, 5.41) is 3.79. The number of hydrogen-bond donors (Lipinski definition) is 2. The second kappa shape index (κ2) is 12.4. The molecule has 7 nitrogen and oxygen atoms in total. The van der Waals surface area contributed by atoms with Crippen LogP contribution in [0.4, 0.5) is 5.69 Å². The Morgan fingerprint density at radius 3 is 2.40 bits per heavy atom. The summed E-state index contributed by atoms with van der Waals surface area (Å²) in [5.74, 6) is 0.482. The third-order valence-corrected chi connectivity index (χ3v) is 5.91. The number of nitrogens with two attached hydrogens (primary N) is 1. The first-order chi connectivity index (χ1) is 16.9. The molecule has 0 aliphatic carbocycles. The van der Waals surface area contributed by atoms with Gasteiger partial charge < -0.3 is 25.4 Å². The molecule has 0 aromatic heterocycles. The van der Waals surface area contributed by atoms with E-state index in [-0.39, 0.29) is 18.4 Å².